The minimum Gasteiger partial charge on any atom is -0.386 e. The summed E-state index contributed by atoms with van der Waals surface area (Å²) in [5.74, 6) is 0. The third kappa shape index (κ3) is 2.15. The summed E-state index contributed by atoms with van der Waals surface area (Å²) in [5.41, 5.74) is 1.67. The predicted octanol–water partition coefficient (Wildman–Crippen LogP) is 3.99. The van der Waals surface area contributed by atoms with Crippen molar-refractivity contribution in [3.63, 3.8) is 0 Å². The van der Waals surface area contributed by atoms with E-state index >= 15 is 0 Å². The zero-order chi connectivity index (χ0) is 13.5. The van der Waals surface area contributed by atoms with Crippen molar-refractivity contribution in [2.24, 2.45) is 5.41 Å². The molecule has 1 N–H and O–H groups in total. The lowest BCUT2D eigenvalue weighted by Gasteiger charge is -2.38. The highest BCUT2D eigenvalue weighted by Crippen LogP contribution is 2.46. The lowest BCUT2D eigenvalue weighted by Crippen LogP contribution is -2.29. The molecular formula is C15H19ClN2O. The fourth-order valence-corrected chi connectivity index (χ4v) is 3.47. The molecule has 1 atom stereocenters. The van der Waals surface area contributed by atoms with Crippen molar-refractivity contribution in [2.75, 3.05) is 0 Å². The number of pyridine rings is 1. The maximum Gasteiger partial charge on any atom is 0.101 e. The Hall–Kier alpha value is -1.06. The Balaban J connectivity index is 2.07. The largest absolute Gasteiger partial charge is 0.386 e. The van der Waals surface area contributed by atoms with E-state index in [2.05, 4.69) is 11.9 Å². The van der Waals surface area contributed by atoms with Gasteiger partial charge in [0, 0.05) is 0 Å². The second-order valence-electron chi connectivity index (χ2n) is 5.87. The smallest absolute Gasteiger partial charge is 0.101 e. The summed E-state index contributed by atoms with van der Waals surface area (Å²) in [7, 11) is 0. The van der Waals surface area contributed by atoms with Crippen LogP contribution in [0.3, 0.4) is 0 Å². The lowest BCUT2D eigenvalue weighted by atomic mass is 9.71. The molecule has 2 aromatic rings. The fraction of sp³-hybridized carbons (Fsp3) is 0.533. The topological polar surface area (TPSA) is 37.5 Å². The van der Waals surface area contributed by atoms with Crippen molar-refractivity contribution >= 4 is 17.1 Å². The van der Waals surface area contributed by atoms with Gasteiger partial charge in [-0.1, -0.05) is 37.8 Å². The van der Waals surface area contributed by atoms with Crippen LogP contribution in [0.25, 0.3) is 5.52 Å². The summed E-state index contributed by atoms with van der Waals surface area (Å²) in [6.45, 7) is 2.17. The van der Waals surface area contributed by atoms with Crippen molar-refractivity contribution in [1.82, 2.24) is 9.38 Å². The molecule has 2 heterocycles. The zero-order valence-corrected chi connectivity index (χ0v) is 11.9. The maximum absolute atomic E-state index is 10.9. The Bertz CT molecular complexity index is 587. The molecule has 0 bridgehead atoms. The molecule has 0 spiro atoms. The molecular weight excluding hydrogens is 260 g/mol. The van der Waals surface area contributed by atoms with Gasteiger partial charge in [-0.2, -0.15) is 0 Å². The highest BCUT2D eigenvalue weighted by molar-refractivity contribution is 6.31. The van der Waals surface area contributed by atoms with Gasteiger partial charge in [0.05, 0.1) is 28.8 Å². The number of halogens is 1. The van der Waals surface area contributed by atoms with Crippen molar-refractivity contribution in [2.45, 2.75) is 45.1 Å². The molecule has 1 fully saturated rings. The van der Waals surface area contributed by atoms with Crippen LogP contribution in [0.5, 0.6) is 0 Å². The van der Waals surface area contributed by atoms with E-state index < -0.39 is 6.10 Å². The van der Waals surface area contributed by atoms with Gasteiger partial charge in [0.25, 0.3) is 0 Å². The molecule has 1 aliphatic rings. The highest BCUT2D eigenvalue weighted by Gasteiger charge is 2.37. The SMILES string of the molecule is CC1(C(O)c2c(Cl)ccc3cncn23)CCCCC1. The minimum atomic E-state index is -0.543. The van der Waals surface area contributed by atoms with E-state index in [4.69, 9.17) is 11.6 Å². The molecule has 3 rings (SSSR count). The second-order valence-corrected chi connectivity index (χ2v) is 6.28. The highest BCUT2D eigenvalue weighted by atomic mass is 35.5. The van der Waals surface area contributed by atoms with E-state index in [1.165, 1.54) is 19.3 Å². The predicted molar refractivity (Wildman–Crippen MR) is 76.4 cm³/mol. The van der Waals surface area contributed by atoms with Gasteiger partial charge in [-0.25, -0.2) is 4.98 Å². The number of aliphatic hydroxyl groups excluding tert-OH is 1. The van der Waals surface area contributed by atoms with Crippen LogP contribution in [0.1, 0.15) is 50.8 Å². The van der Waals surface area contributed by atoms with E-state index in [1.807, 2.05) is 16.5 Å². The van der Waals surface area contributed by atoms with E-state index in [0.29, 0.717) is 5.02 Å². The van der Waals surface area contributed by atoms with Gasteiger partial charge in [0.15, 0.2) is 0 Å². The average molecular weight is 279 g/mol. The van der Waals surface area contributed by atoms with Crippen molar-refractivity contribution in [1.29, 1.82) is 0 Å². The van der Waals surface area contributed by atoms with Gasteiger partial charge in [-0.05, 0) is 30.4 Å². The van der Waals surface area contributed by atoms with Crippen LogP contribution in [0, 0.1) is 5.41 Å². The van der Waals surface area contributed by atoms with Crippen LogP contribution in [0.4, 0.5) is 0 Å². The van der Waals surface area contributed by atoms with Gasteiger partial charge in [-0.3, -0.25) is 4.40 Å². The van der Waals surface area contributed by atoms with E-state index in [-0.39, 0.29) is 5.41 Å². The number of imidazole rings is 1. The first-order valence-corrected chi connectivity index (χ1v) is 7.28. The Kier molecular flexibility index (Phi) is 3.27. The van der Waals surface area contributed by atoms with Crippen molar-refractivity contribution < 1.29 is 5.11 Å². The summed E-state index contributed by atoms with van der Waals surface area (Å²) in [6, 6.07) is 3.78. The zero-order valence-electron chi connectivity index (χ0n) is 11.1. The third-order valence-corrected chi connectivity index (χ3v) is 4.81. The van der Waals surface area contributed by atoms with E-state index in [9.17, 15) is 5.11 Å². The molecule has 19 heavy (non-hydrogen) atoms. The Morgan fingerprint density at radius 1 is 1.32 bits per heavy atom. The van der Waals surface area contributed by atoms with Crippen LogP contribution >= 0.6 is 11.6 Å². The number of aromatic nitrogens is 2. The number of hydrogen-bond acceptors (Lipinski definition) is 2. The van der Waals surface area contributed by atoms with E-state index in [0.717, 1.165) is 24.1 Å². The molecule has 1 aliphatic carbocycles. The standard InChI is InChI=1S/C15H19ClN2O/c1-15(7-3-2-4-8-15)14(19)13-12(16)6-5-11-9-17-10-18(11)13/h5-6,9-10,14,19H,2-4,7-8H2,1H3. The molecule has 1 saturated carbocycles. The molecule has 3 nitrogen and oxygen atoms in total. The molecule has 0 aromatic carbocycles. The molecule has 102 valence electrons. The van der Waals surface area contributed by atoms with Crippen LogP contribution in [0.2, 0.25) is 5.02 Å². The molecule has 4 heteroatoms. The van der Waals surface area contributed by atoms with Crippen LogP contribution in [-0.4, -0.2) is 14.5 Å². The summed E-state index contributed by atoms with van der Waals surface area (Å²) in [4.78, 5) is 4.15. The Morgan fingerprint density at radius 3 is 2.79 bits per heavy atom. The number of nitrogens with zero attached hydrogens (tertiary/aromatic N) is 2. The number of rotatable bonds is 2. The van der Waals surface area contributed by atoms with Crippen molar-refractivity contribution in [3.8, 4) is 0 Å². The summed E-state index contributed by atoms with van der Waals surface area (Å²) in [5, 5.41) is 11.5. The number of fused-ring (bicyclic) bond motifs is 1. The van der Waals surface area contributed by atoms with Crippen LogP contribution < -0.4 is 0 Å². The monoisotopic (exact) mass is 278 g/mol. The Morgan fingerprint density at radius 2 is 2.05 bits per heavy atom. The molecule has 0 aliphatic heterocycles. The molecule has 1 unspecified atom stereocenters. The molecule has 0 saturated heterocycles. The third-order valence-electron chi connectivity index (χ3n) is 4.49. The molecule has 0 amide bonds. The average Bonchev–Trinajstić information content (AvgIpc) is 2.87. The molecule has 2 aromatic heterocycles. The van der Waals surface area contributed by atoms with Crippen LogP contribution in [-0.2, 0) is 0 Å². The van der Waals surface area contributed by atoms with Gasteiger partial charge < -0.3 is 5.11 Å². The quantitative estimate of drug-likeness (QED) is 0.902. The number of hydrogen-bond donors (Lipinski definition) is 1. The summed E-state index contributed by atoms with van der Waals surface area (Å²) in [6.07, 6.45) is 8.71. The maximum atomic E-state index is 10.9. The van der Waals surface area contributed by atoms with Gasteiger partial charge in [-0.15, -0.1) is 0 Å². The second kappa shape index (κ2) is 4.80. The van der Waals surface area contributed by atoms with Gasteiger partial charge in [0.2, 0.25) is 0 Å². The fourth-order valence-electron chi connectivity index (χ4n) is 3.21. The normalized spacial score (nSPS) is 20.6. The summed E-state index contributed by atoms with van der Waals surface area (Å²) < 4.78 is 1.91. The first-order valence-electron chi connectivity index (χ1n) is 6.90. The first-order chi connectivity index (χ1) is 9.12. The molecule has 0 radical (unpaired) electrons. The lowest BCUT2D eigenvalue weighted by molar-refractivity contribution is 0.00457. The van der Waals surface area contributed by atoms with Gasteiger partial charge in [0.1, 0.15) is 6.10 Å². The van der Waals surface area contributed by atoms with E-state index in [1.54, 1.807) is 12.5 Å². The van der Waals surface area contributed by atoms with Crippen LogP contribution in [0.15, 0.2) is 24.7 Å². The minimum absolute atomic E-state index is 0.0829. The van der Waals surface area contributed by atoms with Crippen molar-refractivity contribution in [3.05, 3.63) is 35.4 Å². The number of aliphatic hydroxyl groups is 1. The van der Waals surface area contributed by atoms with Gasteiger partial charge >= 0.3 is 0 Å². The Labute approximate surface area is 118 Å². The first kappa shape index (κ1) is 12.9. The summed E-state index contributed by atoms with van der Waals surface area (Å²) >= 11 is 6.33.